The Labute approximate surface area is 74.2 Å². The molecule has 0 aliphatic heterocycles. The molecule has 0 aliphatic carbocycles. The van der Waals surface area contributed by atoms with Crippen molar-refractivity contribution in [3.05, 3.63) is 34.3 Å². The van der Waals surface area contributed by atoms with Gasteiger partial charge in [-0.3, -0.25) is 5.73 Å². The van der Waals surface area contributed by atoms with E-state index < -0.39 is 5.72 Å². The highest BCUT2D eigenvalue weighted by molar-refractivity contribution is 9.10. The van der Waals surface area contributed by atoms with Crippen LogP contribution in [0.1, 0.15) is 12.5 Å². The van der Waals surface area contributed by atoms with Crippen molar-refractivity contribution in [1.29, 1.82) is 0 Å². The molecule has 0 spiro atoms. The summed E-state index contributed by atoms with van der Waals surface area (Å²) >= 11 is 3.29. The van der Waals surface area contributed by atoms with Crippen molar-refractivity contribution in [1.82, 2.24) is 0 Å². The summed E-state index contributed by atoms with van der Waals surface area (Å²) in [5.41, 5.74) is 4.91. The van der Waals surface area contributed by atoms with E-state index in [9.17, 15) is 5.11 Å². The molecule has 0 aromatic heterocycles. The lowest BCUT2D eigenvalue weighted by atomic mass is 10.1. The van der Waals surface area contributed by atoms with E-state index in [2.05, 4.69) is 15.9 Å². The van der Waals surface area contributed by atoms with E-state index in [1.807, 2.05) is 18.2 Å². The molecule has 0 radical (unpaired) electrons. The monoisotopic (exact) mass is 215 g/mol. The predicted octanol–water partition coefficient (Wildman–Crippen LogP) is 1.57. The van der Waals surface area contributed by atoms with E-state index in [1.165, 1.54) is 0 Å². The molecule has 0 heterocycles. The zero-order valence-electron chi connectivity index (χ0n) is 6.21. The van der Waals surface area contributed by atoms with Crippen LogP contribution < -0.4 is 5.73 Å². The van der Waals surface area contributed by atoms with Crippen molar-refractivity contribution in [2.45, 2.75) is 12.6 Å². The molecule has 1 aromatic rings. The van der Waals surface area contributed by atoms with Gasteiger partial charge in [-0.15, -0.1) is 0 Å². The Morgan fingerprint density at radius 2 is 2.00 bits per heavy atom. The molecule has 0 unspecified atom stereocenters. The third-order valence-corrected chi connectivity index (χ3v) is 2.11. The summed E-state index contributed by atoms with van der Waals surface area (Å²) < 4.78 is 0.826. The second kappa shape index (κ2) is 2.93. The van der Waals surface area contributed by atoms with Crippen LogP contribution in [0.5, 0.6) is 0 Å². The van der Waals surface area contributed by atoms with Gasteiger partial charge in [0.1, 0.15) is 5.72 Å². The summed E-state index contributed by atoms with van der Waals surface area (Å²) in [6, 6.07) is 7.33. The van der Waals surface area contributed by atoms with Crippen LogP contribution in [0.15, 0.2) is 28.7 Å². The minimum atomic E-state index is -1.26. The Balaban J connectivity index is 3.14. The largest absolute Gasteiger partial charge is 0.372 e. The molecule has 11 heavy (non-hydrogen) atoms. The molecule has 0 aliphatic rings. The first-order valence-electron chi connectivity index (χ1n) is 3.28. The molecule has 60 valence electrons. The van der Waals surface area contributed by atoms with E-state index in [-0.39, 0.29) is 0 Å². The number of aliphatic hydroxyl groups is 1. The van der Waals surface area contributed by atoms with Crippen LogP contribution in [0.25, 0.3) is 0 Å². The van der Waals surface area contributed by atoms with Crippen LogP contribution in [-0.2, 0) is 5.72 Å². The highest BCUT2D eigenvalue weighted by atomic mass is 79.9. The van der Waals surface area contributed by atoms with Gasteiger partial charge in [0.05, 0.1) is 0 Å². The quantitative estimate of drug-likeness (QED) is 0.700. The van der Waals surface area contributed by atoms with Crippen molar-refractivity contribution in [3.63, 3.8) is 0 Å². The molecule has 1 aromatic carbocycles. The van der Waals surface area contributed by atoms with Crippen LogP contribution in [0.4, 0.5) is 0 Å². The molecule has 0 amide bonds. The Morgan fingerprint density at radius 1 is 1.45 bits per heavy atom. The SMILES string of the molecule is C[C@@](N)(O)c1ccccc1Br. The molecule has 3 heteroatoms. The molecular weight excluding hydrogens is 206 g/mol. The standard InChI is InChI=1S/C8H10BrNO/c1-8(10,11)6-4-2-3-5-7(6)9/h2-5,11H,10H2,1H3/t8-/m1/s1. The molecule has 1 rings (SSSR count). The third kappa shape index (κ3) is 2.02. The van der Waals surface area contributed by atoms with Gasteiger partial charge in [-0.2, -0.15) is 0 Å². The first-order chi connectivity index (χ1) is 5.02. The molecule has 0 bridgehead atoms. The van der Waals surface area contributed by atoms with Crippen molar-refractivity contribution in [2.75, 3.05) is 0 Å². The van der Waals surface area contributed by atoms with Gasteiger partial charge in [0, 0.05) is 10.0 Å². The molecule has 1 atom stereocenters. The van der Waals surface area contributed by atoms with Gasteiger partial charge in [0.25, 0.3) is 0 Å². The number of halogens is 1. The van der Waals surface area contributed by atoms with E-state index in [0.29, 0.717) is 5.56 Å². The summed E-state index contributed by atoms with van der Waals surface area (Å²) in [5.74, 6) is 0. The fourth-order valence-corrected chi connectivity index (χ4v) is 1.56. The maximum absolute atomic E-state index is 9.42. The first kappa shape index (κ1) is 8.71. The summed E-state index contributed by atoms with van der Waals surface area (Å²) in [4.78, 5) is 0. The molecule has 2 nitrogen and oxygen atoms in total. The minimum absolute atomic E-state index is 0.694. The maximum atomic E-state index is 9.42. The Kier molecular flexibility index (Phi) is 2.32. The lowest BCUT2D eigenvalue weighted by molar-refractivity contribution is 0.0640. The summed E-state index contributed by atoms with van der Waals surface area (Å²) in [5, 5.41) is 9.42. The number of rotatable bonds is 1. The average Bonchev–Trinajstić information content (AvgIpc) is 1.86. The number of benzene rings is 1. The summed E-state index contributed by atoms with van der Waals surface area (Å²) in [7, 11) is 0. The van der Waals surface area contributed by atoms with Gasteiger partial charge in [0.2, 0.25) is 0 Å². The minimum Gasteiger partial charge on any atom is -0.372 e. The van der Waals surface area contributed by atoms with Gasteiger partial charge in [-0.05, 0) is 13.0 Å². The Morgan fingerprint density at radius 3 is 2.36 bits per heavy atom. The van der Waals surface area contributed by atoms with Crippen molar-refractivity contribution in [2.24, 2.45) is 5.73 Å². The van der Waals surface area contributed by atoms with Crippen LogP contribution in [0.2, 0.25) is 0 Å². The van der Waals surface area contributed by atoms with E-state index in [0.717, 1.165) is 4.47 Å². The van der Waals surface area contributed by atoms with Gasteiger partial charge >= 0.3 is 0 Å². The fraction of sp³-hybridized carbons (Fsp3) is 0.250. The summed E-state index contributed by atoms with van der Waals surface area (Å²) in [6.45, 7) is 1.55. The fourth-order valence-electron chi connectivity index (χ4n) is 0.872. The second-order valence-electron chi connectivity index (χ2n) is 2.63. The van der Waals surface area contributed by atoms with E-state index >= 15 is 0 Å². The van der Waals surface area contributed by atoms with Crippen LogP contribution in [0, 0.1) is 0 Å². The molecular formula is C8H10BrNO. The normalized spacial score (nSPS) is 16.0. The Hall–Kier alpha value is -0.380. The van der Waals surface area contributed by atoms with Crippen LogP contribution in [0.3, 0.4) is 0 Å². The zero-order chi connectivity index (χ0) is 8.48. The zero-order valence-corrected chi connectivity index (χ0v) is 7.80. The average molecular weight is 216 g/mol. The third-order valence-electron chi connectivity index (χ3n) is 1.42. The smallest absolute Gasteiger partial charge is 0.137 e. The van der Waals surface area contributed by atoms with Gasteiger partial charge in [-0.1, -0.05) is 34.1 Å². The van der Waals surface area contributed by atoms with Gasteiger partial charge < -0.3 is 5.11 Å². The number of hydrogen-bond donors (Lipinski definition) is 2. The highest BCUT2D eigenvalue weighted by Gasteiger charge is 2.18. The topological polar surface area (TPSA) is 46.2 Å². The van der Waals surface area contributed by atoms with Crippen molar-refractivity contribution >= 4 is 15.9 Å². The Bertz CT molecular complexity index is 255. The van der Waals surface area contributed by atoms with Gasteiger partial charge in [0.15, 0.2) is 0 Å². The van der Waals surface area contributed by atoms with Gasteiger partial charge in [-0.25, -0.2) is 0 Å². The van der Waals surface area contributed by atoms with E-state index in [4.69, 9.17) is 5.73 Å². The van der Waals surface area contributed by atoms with Crippen molar-refractivity contribution < 1.29 is 5.11 Å². The lowest BCUT2D eigenvalue weighted by Gasteiger charge is -2.18. The lowest BCUT2D eigenvalue weighted by Crippen LogP contribution is -2.32. The molecule has 0 saturated heterocycles. The van der Waals surface area contributed by atoms with E-state index in [1.54, 1.807) is 13.0 Å². The molecule has 0 saturated carbocycles. The second-order valence-corrected chi connectivity index (χ2v) is 3.48. The highest BCUT2D eigenvalue weighted by Crippen LogP contribution is 2.23. The molecule has 0 fully saturated rings. The predicted molar refractivity (Wildman–Crippen MR) is 47.9 cm³/mol. The van der Waals surface area contributed by atoms with Crippen molar-refractivity contribution in [3.8, 4) is 0 Å². The molecule has 3 N–H and O–H groups in total. The first-order valence-corrected chi connectivity index (χ1v) is 4.07. The number of nitrogens with two attached hydrogens (primary N) is 1. The number of hydrogen-bond acceptors (Lipinski definition) is 2. The van der Waals surface area contributed by atoms with Crippen LogP contribution >= 0.6 is 15.9 Å². The summed E-state index contributed by atoms with van der Waals surface area (Å²) in [6.07, 6.45) is 0. The van der Waals surface area contributed by atoms with Crippen LogP contribution in [-0.4, -0.2) is 5.11 Å². The maximum Gasteiger partial charge on any atom is 0.137 e.